The smallest absolute Gasteiger partial charge is 0.310 e. The largest absolute Gasteiger partial charge is 0.481 e. The Labute approximate surface area is 113 Å². The van der Waals surface area contributed by atoms with Crippen LogP contribution in [0.15, 0.2) is 0 Å². The number of ether oxygens (including phenoxy) is 1. The number of hydrogen-bond acceptors (Lipinski definition) is 3. The van der Waals surface area contributed by atoms with Crippen LogP contribution in [0.3, 0.4) is 0 Å². The van der Waals surface area contributed by atoms with Gasteiger partial charge in [-0.1, -0.05) is 13.8 Å². The third kappa shape index (κ3) is 2.61. The molecule has 19 heavy (non-hydrogen) atoms. The van der Waals surface area contributed by atoms with Crippen LogP contribution >= 0.6 is 0 Å². The number of carbonyl (C=O) groups is 2. The summed E-state index contributed by atoms with van der Waals surface area (Å²) in [5.41, 5.74) is 0. The molecule has 2 fully saturated rings. The summed E-state index contributed by atoms with van der Waals surface area (Å²) in [5, 5.41) is 9.35. The lowest BCUT2D eigenvalue weighted by Gasteiger charge is -2.30. The number of carboxylic acid groups (broad SMARTS) is 1. The number of carboxylic acids is 1. The summed E-state index contributed by atoms with van der Waals surface area (Å²) in [5.74, 6) is -2.04. The molecule has 4 atom stereocenters. The first-order valence-electron chi connectivity index (χ1n) is 7.27. The number of fused-ring (bicyclic) bond motifs is 2. The van der Waals surface area contributed by atoms with Crippen molar-refractivity contribution in [3.05, 3.63) is 0 Å². The van der Waals surface area contributed by atoms with E-state index in [1.807, 2.05) is 18.7 Å². The van der Waals surface area contributed by atoms with E-state index < -0.39 is 17.8 Å². The van der Waals surface area contributed by atoms with Gasteiger partial charge in [0.25, 0.3) is 0 Å². The summed E-state index contributed by atoms with van der Waals surface area (Å²) in [7, 11) is 0. The van der Waals surface area contributed by atoms with E-state index in [2.05, 4.69) is 0 Å². The van der Waals surface area contributed by atoms with E-state index in [0.29, 0.717) is 13.1 Å². The molecule has 2 heterocycles. The van der Waals surface area contributed by atoms with Crippen LogP contribution in [0.2, 0.25) is 0 Å². The first-order chi connectivity index (χ1) is 9.10. The standard InChI is InChI=1S/C14H23NO4/c1-3-7-15(8-4-2)13(16)11-9-5-6-10(19-9)12(11)14(17)18/h9-12H,3-8H2,1-2H3,(H,17,18)/t9-,10-,11+,12-/m0/s1. The van der Waals surface area contributed by atoms with Gasteiger partial charge in [-0.3, -0.25) is 9.59 Å². The molecule has 108 valence electrons. The quantitative estimate of drug-likeness (QED) is 0.793. The van der Waals surface area contributed by atoms with Crippen LogP contribution < -0.4 is 0 Å². The lowest BCUT2D eigenvalue weighted by atomic mass is 9.78. The van der Waals surface area contributed by atoms with Crippen molar-refractivity contribution in [1.82, 2.24) is 4.90 Å². The Kier molecular flexibility index (Phi) is 4.45. The van der Waals surface area contributed by atoms with Crippen molar-refractivity contribution < 1.29 is 19.4 Å². The Morgan fingerprint density at radius 3 is 2.11 bits per heavy atom. The van der Waals surface area contributed by atoms with E-state index in [9.17, 15) is 14.7 Å². The zero-order valence-corrected chi connectivity index (χ0v) is 11.7. The highest BCUT2D eigenvalue weighted by Gasteiger charge is 2.56. The fourth-order valence-corrected chi connectivity index (χ4v) is 3.39. The van der Waals surface area contributed by atoms with Crippen LogP contribution in [-0.4, -0.2) is 47.2 Å². The summed E-state index contributed by atoms with van der Waals surface area (Å²) in [6, 6.07) is 0. The number of hydrogen-bond donors (Lipinski definition) is 1. The molecule has 2 rings (SSSR count). The molecule has 2 aliphatic heterocycles. The normalized spacial score (nSPS) is 32.5. The van der Waals surface area contributed by atoms with Gasteiger partial charge in [0, 0.05) is 13.1 Å². The van der Waals surface area contributed by atoms with Crippen LogP contribution in [0.4, 0.5) is 0 Å². The molecule has 0 aromatic rings. The third-order valence-corrected chi connectivity index (χ3v) is 4.14. The number of rotatable bonds is 6. The monoisotopic (exact) mass is 269 g/mol. The van der Waals surface area contributed by atoms with E-state index in [1.165, 1.54) is 0 Å². The second-order valence-corrected chi connectivity index (χ2v) is 5.51. The second kappa shape index (κ2) is 5.90. The van der Waals surface area contributed by atoms with Gasteiger partial charge in [0.1, 0.15) is 0 Å². The molecular formula is C14H23NO4. The molecule has 1 amide bonds. The Morgan fingerprint density at radius 2 is 1.63 bits per heavy atom. The van der Waals surface area contributed by atoms with Crippen molar-refractivity contribution in [2.24, 2.45) is 11.8 Å². The molecular weight excluding hydrogens is 246 g/mol. The minimum Gasteiger partial charge on any atom is -0.481 e. The minimum atomic E-state index is -0.890. The SMILES string of the molecule is CCCN(CCC)C(=O)[C@H]1[C@@H](C(=O)O)[C@@H]2CC[C@@H]1O2. The first kappa shape index (κ1) is 14.3. The molecule has 2 aliphatic rings. The van der Waals surface area contributed by atoms with Crippen molar-refractivity contribution >= 4 is 11.9 Å². The topological polar surface area (TPSA) is 66.8 Å². The van der Waals surface area contributed by atoms with Crippen LogP contribution in [0.25, 0.3) is 0 Å². The summed E-state index contributed by atoms with van der Waals surface area (Å²) >= 11 is 0. The zero-order valence-electron chi connectivity index (χ0n) is 11.7. The van der Waals surface area contributed by atoms with E-state index >= 15 is 0 Å². The van der Waals surface area contributed by atoms with Crippen molar-refractivity contribution in [3.63, 3.8) is 0 Å². The van der Waals surface area contributed by atoms with Crippen LogP contribution in [0.1, 0.15) is 39.5 Å². The molecule has 0 unspecified atom stereocenters. The zero-order chi connectivity index (χ0) is 14.0. The second-order valence-electron chi connectivity index (χ2n) is 5.51. The highest BCUT2D eigenvalue weighted by atomic mass is 16.5. The molecule has 2 saturated heterocycles. The summed E-state index contributed by atoms with van der Waals surface area (Å²) in [6.07, 6.45) is 2.93. The molecule has 2 bridgehead atoms. The van der Waals surface area contributed by atoms with Gasteiger partial charge in [-0.05, 0) is 25.7 Å². The predicted molar refractivity (Wildman–Crippen MR) is 69.7 cm³/mol. The van der Waals surface area contributed by atoms with Gasteiger partial charge in [-0.15, -0.1) is 0 Å². The molecule has 1 N–H and O–H groups in total. The van der Waals surface area contributed by atoms with Gasteiger partial charge in [-0.25, -0.2) is 0 Å². The maximum absolute atomic E-state index is 12.6. The average molecular weight is 269 g/mol. The highest BCUT2D eigenvalue weighted by Crippen LogP contribution is 2.44. The summed E-state index contributed by atoms with van der Waals surface area (Å²) in [4.78, 5) is 25.8. The fraction of sp³-hybridized carbons (Fsp3) is 0.857. The van der Waals surface area contributed by atoms with E-state index in [4.69, 9.17) is 4.74 Å². The predicted octanol–water partition coefficient (Wildman–Crippen LogP) is 1.51. The summed E-state index contributed by atoms with van der Waals surface area (Å²) in [6.45, 7) is 5.46. The van der Waals surface area contributed by atoms with Gasteiger partial charge >= 0.3 is 5.97 Å². The van der Waals surface area contributed by atoms with Gasteiger partial charge in [-0.2, -0.15) is 0 Å². The Morgan fingerprint density at radius 1 is 1.11 bits per heavy atom. The maximum atomic E-state index is 12.6. The molecule has 5 nitrogen and oxygen atoms in total. The number of carbonyl (C=O) groups excluding carboxylic acids is 1. The molecule has 5 heteroatoms. The van der Waals surface area contributed by atoms with Crippen molar-refractivity contribution in [3.8, 4) is 0 Å². The highest BCUT2D eigenvalue weighted by molar-refractivity contribution is 5.86. The Bertz CT molecular complexity index is 351. The van der Waals surface area contributed by atoms with Crippen molar-refractivity contribution in [2.45, 2.75) is 51.7 Å². The van der Waals surface area contributed by atoms with Crippen molar-refractivity contribution in [2.75, 3.05) is 13.1 Å². The number of aliphatic carboxylic acids is 1. The molecule has 0 radical (unpaired) electrons. The molecule has 0 aliphatic carbocycles. The van der Waals surface area contributed by atoms with E-state index in [1.54, 1.807) is 0 Å². The molecule has 0 spiro atoms. The van der Waals surface area contributed by atoms with Crippen molar-refractivity contribution in [1.29, 1.82) is 0 Å². The number of amides is 1. The number of nitrogens with zero attached hydrogens (tertiary/aromatic N) is 1. The van der Waals surface area contributed by atoms with Gasteiger partial charge in [0.2, 0.25) is 5.91 Å². The lowest BCUT2D eigenvalue weighted by Crippen LogP contribution is -2.46. The van der Waals surface area contributed by atoms with E-state index in [-0.39, 0.29) is 18.1 Å². The fourth-order valence-electron chi connectivity index (χ4n) is 3.39. The minimum absolute atomic E-state index is 0.0247. The Hall–Kier alpha value is -1.10. The summed E-state index contributed by atoms with van der Waals surface area (Å²) < 4.78 is 5.66. The van der Waals surface area contributed by atoms with E-state index in [0.717, 1.165) is 25.7 Å². The van der Waals surface area contributed by atoms with Crippen LogP contribution in [0, 0.1) is 11.8 Å². The van der Waals surface area contributed by atoms with Gasteiger partial charge < -0.3 is 14.7 Å². The molecule has 0 aromatic heterocycles. The van der Waals surface area contributed by atoms with Gasteiger partial charge in [0.15, 0.2) is 0 Å². The van der Waals surface area contributed by atoms with Gasteiger partial charge in [0.05, 0.1) is 24.0 Å². The first-order valence-corrected chi connectivity index (χ1v) is 7.27. The van der Waals surface area contributed by atoms with Crippen LogP contribution in [0.5, 0.6) is 0 Å². The molecule has 0 aromatic carbocycles. The van der Waals surface area contributed by atoms with Crippen LogP contribution in [-0.2, 0) is 14.3 Å². The Balaban J connectivity index is 2.13. The lowest BCUT2D eigenvalue weighted by molar-refractivity contribution is -0.150. The third-order valence-electron chi connectivity index (χ3n) is 4.14. The maximum Gasteiger partial charge on any atom is 0.310 e. The average Bonchev–Trinajstić information content (AvgIpc) is 2.97. The molecule has 0 saturated carbocycles.